The number of hydrogen-bond acceptors (Lipinski definition) is 1. The second-order valence-corrected chi connectivity index (χ2v) is 6.27. The van der Waals surface area contributed by atoms with Crippen LogP contribution in [0.4, 0.5) is 0 Å². The van der Waals surface area contributed by atoms with Gasteiger partial charge in [0.25, 0.3) is 0 Å². The van der Waals surface area contributed by atoms with Gasteiger partial charge in [-0.15, -0.1) is 0 Å². The van der Waals surface area contributed by atoms with Crippen molar-refractivity contribution in [2.75, 3.05) is 7.05 Å². The third-order valence-corrected chi connectivity index (χ3v) is 4.94. The second kappa shape index (κ2) is 6.50. The van der Waals surface area contributed by atoms with E-state index in [4.69, 9.17) is 0 Å². The molecule has 1 heteroatoms. The molecule has 0 aliphatic carbocycles. The average molecular weight is 291 g/mol. The minimum absolute atomic E-state index is 0.547. The molecule has 0 aromatic heterocycles. The van der Waals surface area contributed by atoms with Gasteiger partial charge in [-0.05, 0) is 49.1 Å². The van der Waals surface area contributed by atoms with Gasteiger partial charge in [0.2, 0.25) is 0 Å². The fourth-order valence-corrected chi connectivity index (χ4v) is 3.70. The van der Waals surface area contributed by atoms with E-state index in [-0.39, 0.29) is 0 Å². The summed E-state index contributed by atoms with van der Waals surface area (Å²) in [6.45, 7) is 4.64. The Labute approximate surface area is 134 Å². The molecule has 1 aliphatic rings. The molecule has 2 atom stereocenters. The Morgan fingerprint density at radius 1 is 0.955 bits per heavy atom. The van der Waals surface area contributed by atoms with Crippen LogP contribution >= 0.6 is 0 Å². The molecule has 1 heterocycles. The molecule has 2 aromatic rings. The van der Waals surface area contributed by atoms with E-state index >= 15 is 0 Å². The summed E-state index contributed by atoms with van der Waals surface area (Å²) in [7, 11) is 2.26. The lowest BCUT2D eigenvalue weighted by Crippen LogP contribution is -2.30. The van der Waals surface area contributed by atoms with Gasteiger partial charge in [-0.3, -0.25) is 4.90 Å². The van der Waals surface area contributed by atoms with Crippen LogP contribution in [0.15, 0.2) is 66.2 Å². The molecule has 114 valence electrons. The quantitative estimate of drug-likeness (QED) is 0.770. The Morgan fingerprint density at radius 3 is 1.91 bits per heavy atom. The number of likely N-dealkylation sites (tertiary alicyclic amines) is 1. The Balaban J connectivity index is 2.20. The van der Waals surface area contributed by atoms with Gasteiger partial charge in [0.15, 0.2) is 0 Å². The smallest absolute Gasteiger partial charge is 0.0314 e. The molecule has 0 N–H and O–H groups in total. The summed E-state index contributed by atoms with van der Waals surface area (Å²) in [5.74, 6) is 0. The van der Waals surface area contributed by atoms with Gasteiger partial charge in [0.05, 0.1) is 0 Å². The van der Waals surface area contributed by atoms with Crippen molar-refractivity contribution in [2.45, 2.75) is 38.8 Å². The lowest BCUT2D eigenvalue weighted by atomic mass is 9.88. The van der Waals surface area contributed by atoms with Crippen molar-refractivity contribution >= 4 is 5.57 Å². The molecule has 1 fully saturated rings. The SMILES string of the molecule is CC[C@H]1C(=C(c2ccccc2)c2ccccc2)C[C@@H](C)N1C. The fourth-order valence-electron chi connectivity index (χ4n) is 3.70. The first kappa shape index (κ1) is 15.1. The van der Waals surface area contributed by atoms with E-state index in [2.05, 4.69) is 86.5 Å². The Bertz CT molecular complexity index is 601. The summed E-state index contributed by atoms with van der Waals surface area (Å²) in [4.78, 5) is 2.53. The number of nitrogens with zero attached hydrogens (tertiary/aromatic N) is 1. The van der Waals surface area contributed by atoms with Crippen LogP contribution in [0.1, 0.15) is 37.8 Å². The van der Waals surface area contributed by atoms with Crippen LogP contribution in [0.2, 0.25) is 0 Å². The van der Waals surface area contributed by atoms with Crippen LogP contribution < -0.4 is 0 Å². The summed E-state index contributed by atoms with van der Waals surface area (Å²) in [5, 5.41) is 0. The average Bonchev–Trinajstić information content (AvgIpc) is 2.84. The van der Waals surface area contributed by atoms with Gasteiger partial charge in [-0.25, -0.2) is 0 Å². The first-order valence-corrected chi connectivity index (χ1v) is 8.28. The molecule has 1 aliphatic heterocycles. The van der Waals surface area contributed by atoms with Crippen molar-refractivity contribution in [3.05, 3.63) is 77.4 Å². The molecule has 0 saturated carbocycles. The fraction of sp³-hybridized carbons (Fsp3) is 0.333. The van der Waals surface area contributed by atoms with Crippen LogP contribution in [0.25, 0.3) is 5.57 Å². The van der Waals surface area contributed by atoms with Gasteiger partial charge in [0.1, 0.15) is 0 Å². The maximum atomic E-state index is 2.53. The molecule has 0 unspecified atom stereocenters. The van der Waals surface area contributed by atoms with Gasteiger partial charge in [0, 0.05) is 12.1 Å². The summed E-state index contributed by atoms with van der Waals surface area (Å²) < 4.78 is 0. The highest BCUT2D eigenvalue weighted by atomic mass is 15.2. The van der Waals surface area contributed by atoms with E-state index in [1.807, 2.05) is 0 Å². The maximum Gasteiger partial charge on any atom is 0.0314 e. The predicted octanol–water partition coefficient (Wildman–Crippen LogP) is 4.99. The van der Waals surface area contributed by atoms with Crippen LogP contribution in [-0.2, 0) is 0 Å². The number of hydrogen-bond donors (Lipinski definition) is 0. The third kappa shape index (κ3) is 2.74. The highest BCUT2D eigenvalue weighted by Crippen LogP contribution is 2.38. The Hall–Kier alpha value is -1.86. The summed E-state index contributed by atoms with van der Waals surface area (Å²) >= 11 is 0. The highest BCUT2D eigenvalue weighted by Gasteiger charge is 2.33. The van der Waals surface area contributed by atoms with E-state index < -0.39 is 0 Å². The zero-order valence-corrected chi connectivity index (χ0v) is 13.8. The van der Waals surface area contributed by atoms with E-state index in [0.29, 0.717) is 12.1 Å². The minimum atomic E-state index is 0.547. The van der Waals surface area contributed by atoms with Crippen LogP contribution in [0, 0.1) is 0 Å². The molecule has 0 bridgehead atoms. The van der Waals surface area contributed by atoms with Crippen LogP contribution in [0.5, 0.6) is 0 Å². The lowest BCUT2D eigenvalue weighted by molar-refractivity contribution is 0.258. The zero-order valence-electron chi connectivity index (χ0n) is 13.8. The van der Waals surface area contributed by atoms with E-state index in [9.17, 15) is 0 Å². The summed E-state index contributed by atoms with van der Waals surface area (Å²) in [6.07, 6.45) is 2.33. The van der Waals surface area contributed by atoms with Crippen molar-refractivity contribution in [1.82, 2.24) is 4.90 Å². The number of likely N-dealkylation sites (N-methyl/N-ethyl adjacent to an activating group) is 1. The lowest BCUT2D eigenvalue weighted by Gasteiger charge is -2.24. The highest BCUT2D eigenvalue weighted by molar-refractivity contribution is 5.83. The molecule has 0 amide bonds. The first-order valence-electron chi connectivity index (χ1n) is 8.28. The maximum absolute atomic E-state index is 2.53. The molecule has 0 spiro atoms. The van der Waals surface area contributed by atoms with Crippen molar-refractivity contribution in [3.8, 4) is 0 Å². The molecule has 3 rings (SSSR count). The topological polar surface area (TPSA) is 3.24 Å². The van der Waals surface area contributed by atoms with Gasteiger partial charge in [-0.1, -0.05) is 67.6 Å². The molecule has 22 heavy (non-hydrogen) atoms. The molecular formula is C21H25N. The monoisotopic (exact) mass is 291 g/mol. The minimum Gasteiger partial charge on any atom is -0.297 e. The zero-order chi connectivity index (χ0) is 15.5. The third-order valence-electron chi connectivity index (χ3n) is 4.94. The van der Waals surface area contributed by atoms with Crippen LogP contribution in [-0.4, -0.2) is 24.0 Å². The normalized spacial score (nSPS) is 22.0. The van der Waals surface area contributed by atoms with Gasteiger partial charge < -0.3 is 0 Å². The number of rotatable bonds is 3. The molecule has 2 aromatic carbocycles. The van der Waals surface area contributed by atoms with Crippen molar-refractivity contribution in [1.29, 1.82) is 0 Å². The standard InChI is InChI=1S/C21H25N/c1-4-20-19(15-16(2)22(20)3)21(17-11-7-5-8-12-17)18-13-9-6-10-14-18/h5-14,16,20H,4,15H2,1-3H3/t16-,20+/m1/s1. The largest absolute Gasteiger partial charge is 0.297 e. The molecule has 1 nitrogen and oxygen atoms in total. The predicted molar refractivity (Wildman–Crippen MR) is 94.8 cm³/mol. The molecule has 1 saturated heterocycles. The second-order valence-electron chi connectivity index (χ2n) is 6.27. The Morgan fingerprint density at radius 2 is 1.45 bits per heavy atom. The van der Waals surface area contributed by atoms with E-state index in [0.717, 1.165) is 6.42 Å². The molecular weight excluding hydrogens is 266 g/mol. The van der Waals surface area contributed by atoms with Crippen LogP contribution in [0.3, 0.4) is 0 Å². The van der Waals surface area contributed by atoms with Gasteiger partial charge >= 0.3 is 0 Å². The summed E-state index contributed by atoms with van der Waals surface area (Å²) in [6, 6.07) is 22.9. The first-order chi connectivity index (χ1) is 10.7. The number of benzene rings is 2. The van der Waals surface area contributed by atoms with Gasteiger partial charge in [-0.2, -0.15) is 0 Å². The summed E-state index contributed by atoms with van der Waals surface area (Å²) in [5.41, 5.74) is 5.70. The van der Waals surface area contributed by atoms with E-state index in [1.165, 1.54) is 23.1 Å². The van der Waals surface area contributed by atoms with Crippen molar-refractivity contribution in [3.63, 3.8) is 0 Å². The van der Waals surface area contributed by atoms with Crippen molar-refractivity contribution in [2.24, 2.45) is 0 Å². The molecule has 0 radical (unpaired) electrons. The van der Waals surface area contributed by atoms with Crippen molar-refractivity contribution < 1.29 is 0 Å². The Kier molecular flexibility index (Phi) is 4.44. The van der Waals surface area contributed by atoms with E-state index in [1.54, 1.807) is 5.57 Å².